The van der Waals surface area contributed by atoms with Crippen LogP contribution in [0.2, 0.25) is 10.0 Å². The molecule has 4 rings (SSSR count). The summed E-state index contributed by atoms with van der Waals surface area (Å²) < 4.78 is 41.7. The average molecular weight is 464 g/mol. The van der Waals surface area contributed by atoms with E-state index in [1.54, 1.807) is 48.5 Å². The third-order valence-electron chi connectivity index (χ3n) is 4.67. The van der Waals surface area contributed by atoms with Crippen LogP contribution in [0.25, 0.3) is 0 Å². The molecule has 0 unspecified atom stereocenters. The molecule has 0 atom stereocenters. The first-order valence-electron chi connectivity index (χ1n) is 8.97. The van der Waals surface area contributed by atoms with Gasteiger partial charge in [-0.15, -0.1) is 0 Å². The molecule has 0 amide bonds. The minimum atomic E-state index is -3.84. The molecule has 0 saturated heterocycles. The highest BCUT2D eigenvalue weighted by molar-refractivity contribution is 7.90. The first kappa shape index (κ1) is 20.7. The second-order valence-electron chi connectivity index (χ2n) is 6.65. The zero-order chi connectivity index (χ0) is 21.3. The highest BCUT2D eigenvalue weighted by Gasteiger charge is 2.28. The van der Waals surface area contributed by atoms with Crippen LogP contribution in [-0.2, 0) is 23.0 Å². The number of para-hydroxylation sites is 1. The Morgan fingerprint density at radius 2 is 1.57 bits per heavy atom. The molecule has 0 aliphatic carbocycles. The number of aliphatic imine (C=N–C) groups is 1. The number of halogens is 3. The maximum absolute atomic E-state index is 13.9. The normalized spacial score (nSPS) is 15.9. The minimum Gasteiger partial charge on any atom is -0.324 e. The molecule has 1 aliphatic rings. The van der Waals surface area contributed by atoms with Crippen molar-refractivity contribution >= 4 is 44.9 Å². The van der Waals surface area contributed by atoms with Gasteiger partial charge in [0.2, 0.25) is 5.96 Å². The van der Waals surface area contributed by atoms with Crippen LogP contribution in [-0.4, -0.2) is 14.4 Å². The number of sulfonamides is 1. The van der Waals surface area contributed by atoms with E-state index in [0.29, 0.717) is 38.8 Å². The molecule has 0 bridgehead atoms. The SMILES string of the molecule is O=S1(=O)NC(=NCc2ccccc2F)Nc2c(Cc3c(Cl)cccc3Cl)cccc21. The topological polar surface area (TPSA) is 70.6 Å². The Morgan fingerprint density at radius 1 is 0.900 bits per heavy atom. The van der Waals surface area contributed by atoms with E-state index in [1.165, 1.54) is 12.1 Å². The fourth-order valence-electron chi connectivity index (χ4n) is 3.17. The summed E-state index contributed by atoms with van der Waals surface area (Å²) in [5.41, 5.74) is 2.12. The molecule has 0 aromatic heterocycles. The molecule has 0 fully saturated rings. The van der Waals surface area contributed by atoms with Gasteiger partial charge < -0.3 is 5.32 Å². The van der Waals surface area contributed by atoms with Crippen LogP contribution >= 0.6 is 23.2 Å². The first-order valence-corrected chi connectivity index (χ1v) is 11.2. The van der Waals surface area contributed by atoms with Gasteiger partial charge in [0.25, 0.3) is 10.0 Å². The van der Waals surface area contributed by atoms with Gasteiger partial charge in [-0.2, -0.15) is 0 Å². The summed E-state index contributed by atoms with van der Waals surface area (Å²) in [7, 11) is -3.84. The van der Waals surface area contributed by atoms with Crippen molar-refractivity contribution in [3.63, 3.8) is 0 Å². The predicted octanol–water partition coefficient (Wildman–Crippen LogP) is 4.98. The van der Waals surface area contributed by atoms with Gasteiger partial charge in [0.05, 0.1) is 12.2 Å². The van der Waals surface area contributed by atoms with Gasteiger partial charge in [0, 0.05) is 22.0 Å². The Kier molecular flexibility index (Phi) is 5.69. The number of fused-ring (bicyclic) bond motifs is 1. The third-order valence-corrected chi connectivity index (χ3v) is 6.76. The van der Waals surface area contributed by atoms with Gasteiger partial charge >= 0.3 is 0 Å². The number of hydrogen-bond donors (Lipinski definition) is 2. The fourth-order valence-corrected chi connectivity index (χ4v) is 4.89. The van der Waals surface area contributed by atoms with Crippen LogP contribution in [0.5, 0.6) is 0 Å². The monoisotopic (exact) mass is 463 g/mol. The van der Waals surface area contributed by atoms with Crippen molar-refractivity contribution < 1.29 is 12.8 Å². The molecule has 3 aromatic rings. The summed E-state index contributed by atoms with van der Waals surface area (Å²) >= 11 is 12.6. The Balaban J connectivity index is 1.71. The molecule has 2 N–H and O–H groups in total. The molecule has 0 saturated carbocycles. The molecular weight excluding hydrogens is 448 g/mol. The fraction of sp³-hybridized carbons (Fsp3) is 0.0952. The Bertz CT molecular complexity index is 1240. The van der Waals surface area contributed by atoms with E-state index in [1.807, 2.05) is 0 Å². The predicted molar refractivity (Wildman–Crippen MR) is 117 cm³/mol. The second-order valence-corrected chi connectivity index (χ2v) is 9.12. The van der Waals surface area contributed by atoms with Crippen LogP contribution < -0.4 is 10.0 Å². The molecule has 3 aromatic carbocycles. The lowest BCUT2D eigenvalue weighted by Crippen LogP contribution is -2.41. The lowest BCUT2D eigenvalue weighted by atomic mass is 10.0. The first-order chi connectivity index (χ1) is 14.3. The molecular formula is C21H16Cl2FN3O2S. The van der Waals surface area contributed by atoms with E-state index < -0.39 is 15.8 Å². The van der Waals surface area contributed by atoms with Crippen molar-refractivity contribution in [3.8, 4) is 0 Å². The summed E-state index contributed by atoms with van der Waals surface area (Å²) in [6, 6.07) is 16.3. The minimum absolute atomic E-state index is 0.0171. The Hall–Kier alpha value is -2.61. The standard InChI is InChI=1S/C21H16Cl2FN3O2S/c22-16-7-4-8-17(23)15(16)11-13-6-3-10-19-20(13)26-21(27-30(19,28)29)25-12-14-5-1-2-9-18(14)24/h1-10H,11-12H2,(H2,25,26,27). The van der Waals surface area contributed by atoms with Gasteiger partial charge in [0.1, 0.15) is 10.7 Å². The summed E-state index contributed by atoms with van der Waals surface area (Å²) in [4.78, 5) is 4.31. The Labute approximate surface area is 183 Å². The lowest BCUT2D eigenvalue weighted by molar-refractivity contribution is 0.591. The van der Waals surface area contributed by atoms with Gasteiger partial charge in [-0.3, -0.25) is 0 Å². The van der Waals surface area contributed by atoms with Gasteiger partial charge in [-0.25, -0.2) is 22.5 Å². The molecule has 0 radical (unpaired) electrons. The number of hydrogen-bond acceptors (Lipinski definition) is 3. The van der Waals surface area contributed by atoms with E-state index in [-0.39, 0.29) is 17.4 Å². The number of nitrogens with one attached hydrogen (secondary N) is 2. The van der Waals surface area contributed by atoms with Crippen molar-refractivity contribution in [1.82, 2.24) is 4.72 Å². The highest BCUT2D eigenvalue weighted by atomic mass is 35.5. The van der Waals surface area contributed by atoms with E-state index in [0.717, 1.165) is 0 Å². The van der Waals surface area contributed by atoms with Crippen molar-refractivity contribution in [2.24, 2.45) is 4.99 Å². The van der Waals surface area contributed by atoms with Gasteiger partial charge in [0.15, 0.2) is 0 Å². The number of guanidine groups is 1. The van der Waals surface area contributed by atoms with E-state index in [9.17, 15) is 12.8 Å². The summed E-state index contributed by atoms with van der Waals surface area (Å²) in [6.07, 6.45) is 0.324. The van der Waals surface area contributed by atoms with E-state index in [4.69, 9.17) is 23.2 Å². The zero-order valence-corrected chi connectivity index (χ0v) is 17.8. The molecule has 1 aliphatic heterocycles. The van der Waals surface area contributed by atoms with Crippen LogP contribution in [0.15, 0.2) is 70.6 Å². The molecule has 1 heterocycles. The van der Waals surface area contributed by atoms with Gasteiger partial charge in [-0.1, -0.05) is 59.6 Å². The number of nitrogens with zero attached hydrogens (tertiary/aromatic N) is 1. The zero-order valence-electron chi connectivity index (χ0n) is 15.5. The number of rotatable bonds is 4. The lowest BCUT2D eigenvalue weighted by Gasteiger charge is -2.24. The van der Waals surface area contributed by atoms with Crippen LogP contribution in [0.4, 0.5) is 10.1 Å². The third kappa shape index (κ3) is 4.14. The van der Waals surface area contributed by atoms with Gasteiger partial charge in [-0.05, 0) is 35.4 Å². The number of benzene rings is 3. The van der Waals surface area contributed by atoms with Crippen molar-refractivity contribution in [2.75, 3.05) is 5.32 Å². The summed E-state index contributed by atoms with van der Waals surface area (Å²) in [6.45, 7) is -0.0225. The van der Waals surface area contributed by atoms with Crippen molar-refractivity contribution in [2.45, 2.75) is 17.9 Å². The van der Waals surface area contributed by atoms with E-state index in [2.05, 4.69) is 15.0 Å². The maximum atomic E-state index is 13.9. The van der Waals surface area contributed by atoms with Crippen molar-refractivity contribution in [1.29, 1.82) is 0 Å². The molecule has 154 valence electrons. The number of anilines is 1. The molecule has 5 nitrogen and oxygen atoms in total. The maximum Gasteiger partial charge on any atom is 0.266 e. The van der Waals surface area contributed by atoms with Crippen LogP contribution in [0.1, 0.15) is 16.7 Å². The quantitative estimate of drug-likeness (QED) is 0.572. The van der Waals surface area contributed by atoms with Crippen molar-refractivity contribution in [3.05, 3.63) is 93.2 Å². The van der Waals surface area contributed by atoms with Crippen LogP contribution in [0.3, 0.4) is 0 Å². The molecule has 0 spiro atoms. The van der Waals surface area contributed by atoms with E-state index >= 15 is 0 Å². The van der Waals surface area contributed by atoms with Crippen LogP contribution in [0, 0.1) is 5.82 Å². The molecule has 9 heteroatoms. The Morgan fingerprint density at radius 3 is 2.30 bits per heavy atom. The molecule has 30 heavy (non-hydrogen) atoms. The average Bonchev–Trinajstić information content (AvgIpc) is 2.70. The smallest absolute Gasteiger partial charge is 0.266 e. The summed E-state index contributed by atoms with van der Waals surface area (Å²) in [5.74, 6) is -0.390. The summed E-state index contributed by atoms with van der Waals surface area (Å²) in [5, 5.41) is 4.00. The second kappa shape index (κ2) is 8.26. The highest BCUT2D eigenvalue weighted by Crippen LogP contribution is 2.33. The largest absolute Gasteiger partial charge is 0.324 e.